The number of esters is 1. The van der Waals surface area contributed by atoms with E-state index in [4.69, 9.17) is 19.2 Å². The van der Waals surface area contributed by atoms with Crippen molar-refractivity contribution in [1.29, 1.82) is 0 Å². The third-order valence-electron chi connectivity index (χ3n) is 1.57. The standard InChI is InChI=1S/C6H10O2.C5H14N.H3O4P/c1-4-8-6(7)5(2)3;1-5-6(2,3)4;1-5(2,3)4/h2,4H2,1,3H3;5H2,1-4H3;(H3,1,2,3,4)/q;+1;. The fourth-order valence-electron chi connectivity index (χ4n) is 0.254. The van der Waals surface area contributed by atoms with Crippen LogP contribution < -0.4 is 0 Å². The lowest BCUT2D eigenvalue weighted by atomic mass is 10.4. The van der Waals surface area contributed by atoms with E-state index in [0.717, 1.165) is 4.48 Å². The number of hydrogen-bond donors (Lipinski definition) is 3. The number of phosphoric acid groups is 1. The van der Waals surface area contributed by atoms with Gasteiger partial charge in [0.2, 0.25) is 0 Å². The predicted molar refractivity (Wildman–Crippen MR) is 74.3 cm³/mol. The zero-order valence-corrected chi connectivity index (χ0v) is 13.5. The van der Waals surface area contributed by atoms with Crippen LogP contribution in [0, 0.1) is 0 Å². The van der Waals surface area contributed by atoms with Crippen molar-refractivity contribution < 1.29 is 33.3 Å². The Hall–Kier alpha value is -0.720. The molecule has 0 spiro atoms. The minimum absolute atomic E-state index is 0.312. The number of carbonyl (C=O) groups is 1. The molecule has 0 unspecified atom stereocenters. The number of quaternary nitrogens is 1. The molecule has 0 heterocycles. The van der Waals surface area contributed by atoms with Crippen LogP contribution in [0.4, 0.5) is 0 Å². The molecule has 0 rings (SSSR count). The van der Waals surface area contributed by atoms with E-state index in [-0.39, 0.29) is 5.97 Å². The van der Waals surface area contributed by atoms with Gasteiger partial charge in [0.15, 0.2) is 0 Å². The summed E-state index contributed by atoms with van der Waals surface area (Å²) in [6, 6.07) is 0. The molecule has 19 heavy (non-hydrogen) atoms. The second-order valence-corrected chi connectivity index (χ2v) is 5.65. The maximum absolute atomic E-state index is 10.4. The number of rotatable bonds is 3. The predicted octanol–water partition coefficient (Wildman–Crippen LogP) is 0.909. The summed E-state index contributed by atoms with van der Waals surface area (Å²) in [6.07, 6.45) is 0. The van der Waals surface area contributed by atoms with Crippen molar-refractivity contribution >= 4 is 13.8 Å². The third kappa shape index (κ3) is 46.8. The SMILES string of the molecule is C=C(C)C(=O)OCC.CC[N+](C)(C)C.O=P(O)(O)O. The van der Waals surface area contributed by atoms with Gasteiger partial charge < -0.3 is 23.9 Å². The first kappa shape index (κ1) is 23.4. The Labute approximate surface area is 115 Å². The van der Waals surface area contributed by atoms with Gasteiger partial charge in [-0.15, -0.1) is 0 Å². The summed E-state index contributed by atoms with van der Waals surface area (Å²) in [5, 5.41) is 0. The topological polar surface area (TPSA) is 104 Å². The molecular weight excluding hydrogens is 273 g/mol. The highest BCUT2D eigenvalue weighted by Gasteiger charge is 2.00. The van der Waals surface area contributed by atoms with Crippen LogP contribution in [0.15, 0.2) is 12.2 Å². The van der Waals surface area contributed by atoms with Gasteiger partial charge in [0.05, 0.1) is 34.3 Å². The van der Waals surface area contributed by atoms with E-state index in [1.165, 1.54) is 6.54 Å². The molecule has 0 aliphatic rings. The van der Waals surface area contributed by atoms with E-state index in [1.807, 2.05) is 0 Å². The summed E-state index contributed by atoms with van der Waals surface area (Å²) in [4.78, 5) is 32.0. The summed E-state index contributed by atoms with van der Waals surface area (Å²) in [5.41, 5.74) is 0.451. The average molecular weight is 300 g/mol. The Morgan fingerprint density at radius 1 is 1.21 bits per heavy atom. The number of hydrogen-bond acceptors (Lipinski definition) is 3. The second kappa shape index (κ2) is 11.1. The van der Waals surface area contributed by atoms with Gasteiger partial charge in [0.1, 0.15) is 0 Å². The van der Waals surface area contributed by atoms with Gasteiger partial charge in [-0.2, -0.15) is 0 Å². The minimum Gasteiger partial charge on any atom is -0.463 e. The van der Waals surface area contributed by atoms with Crippen molar-refractivity contribution in [2.45, 2.75) is 20.8 Å². The largest absolute Gasteiger partial charge is 0.466 e. The van der Waals surface area contributed by atoms with E-state index in [1.54, 1.807) is 13.8 Å². The van der Waals surface area contributed by atoms with E-state index in [2.05, 4.69) is 39.4 Å². The van der Waals surface area contributed by atoms with Crippen molar-refractivity contribution in [3.63, 3.8) is 0 Å². The van der Waals surface area contributed by atoms with Crippen LogP contribution >= 0.6 is 7.82 Å². The first-order valence-electron chi connectivity index (χ1n) is 5.66. The number of ether oxygens (including phenoxy) is 1. The summed E-state index contributed by atoms with van der Waals surface area (Å²) in [7, 11) is 1.90. The second-order valence-electron chi connectivity index (χ2n) is 4.62. The van der Waals surface area contributed by atoms with Gasteiger partial charge >= 0.3 is 13.8 Å². The van der Waals surface area contributed by atoms with E-state index < -0.39 is 7.82 Å². The van der Waals surface area contributed by atoms with Gasteiger partial charge in [0.25, 0.3) is 0 Å². The highest BCUT2D eigenvalue weighted by atomic mass is 31.2. The lowest BCUT2D eigenvalue weighted by molar-refractivity contribution is -0.868. The van der Waals surface area contributed by atoms with Gasteiger partial charge in [0, 0.05) is 5.57 Å². The Morgan fingerprint density at radius 2 is 1.47 bits per heavy atom. The van der Waals surface area contributed by atoms with Gasteiger partial charge in [-0.1, -0.05) is 6.58 Å². The number of nitrogens with zero attached hydrogens (tertiary/aromatic N) is 1. The maximum Gasteiger partial charge on any atom is 0.466 e. The van der Waals surface area contributed by atoms with E-state index in [9.17, 15) is 4.79 Å². The third-order valence-corrected chi connectivity index (χ3v) is 1.57. The molecule has 0 saturated heterocycles. The molecule has 0 fully saturated rings. The average Bonchev–Trinajstić information content (AvgIpc) is 2.15. The molecule has 0 bridgehead atoms. The lowest BCUT2D eigenvalue weighted by Gasteiger charge is -2.20. The quantitative estimate of drug-likeness (QED) is 0.310. The minimum atomic E-state index is -4.64. The molecule has 8 heteroatoms. The molecule has 3 N–H and O–H groups in total. The molecule has 0 aliphatic carbocycles. The van der Waals surface area contributed by atoms with Gasteiger partial charge in [-0.25, -0.2) is 9.36 Å². The summed E-state index contributed by atoms with van der Waals surface area (Å²) in [5.74, 6) is -0.312. The molecular formula is C11H27NO6P+. The Bertz CT molecular complexity index is 297. The zero-order valence-electron chi connectivity index (χ0n) is 12.6. The smallest absolute Gasteiger partial charge is 0.463 e. The Morgan fingerprint density at radius 3 is 1.53 bits per heavy atom. The molecule has 116 valence electrons. The summed E-state index contributed by atoms with van der Waals surface area (Å²) >= 11 is 0. The first-order chi connectivity index (χ1) is 8.24. The molecule has 0 aromatic rings. The highest BCUT2D eigenvalue weighted by Crippen LogP contribution is 2.25. The van der Waals surface area contributed by atoms with Crippen molar-refractivity contribution in [3.05, 3.63) is 12.2 Å². The van der Waals surface area contributed by atoms with Crippen LogP contribution in [0.2, 0.25) is 0 Å². The van der Waals surface area contributed by atoms with E-state index >= 15 is 0 Å². The zero-order chi connectivity index (χ0) is 16.3. The van der Waals surface area contributed by atoms with Gasteiger partial charge in [-0.3, -0.25) is 0 Å². The molecule has 0 aromatic carbocycles. The first-order valence-corrected chi connectivity index (χ1v) is 7.22. The lowest BCUT2D eigenvalue weighted by Crippen LogP contribution is -2.33. The molecule has 7 nitrogen and oxygen atoms in total. The fourth-order valence-corrected chi connectivity index (χ4v) is 0.254. The Kier molecular flexibility index (Phi) is 13.7. The van der Waals surface area contributed by atoms with Gasteiger partial charge in [-0.05, 0) is 20.8 Å². The van der Waals surface area contributed by atoms with Crippen LogP contribution in [0.25, 0.3) is 0 Å². The van der Waals surface area contributed by atoms with Crippen LogP contribution in [0.1, 0.15) is 20.8 Å². The molecule has 0 saturated carbocycles. The highest BCUT2D eigenvalue weighted by molar-refractivity contribution is 7.45. The normalized spacial score (nSPS) is 10.4. The summed E-state index contributed by atoms with van der Waals surface area (Å²) < 4.78 is 14.5. The van der Waals surface area contributed by atoms with Crippen LogP contribution in [-0.2, 0) is 14.1 Å². The van der Waals surface area contributed by atoms with Crippen molar-refractivity contribution in [1.82, 2.24) is 0 Å². The molecule has 0 aromatic heterocycles. The van der Waals surface area contributed by atoms with Crippen molar-refractivity contribution in [2.75, 3.05) is 34.3 Å². The molecule has 0 aliphatic heterocycles. The maximum atomic E-state index is 10.4. The fraction of sp³-hybridized carbons (Fsp3) is 0.727. The van der Waals surface area contributed by atoms with Crippen LogP contribution in [0.3, 0.4) is 0 Å². The monoisotopic (exact) mass is 300 g/mol. The van der Waals surface area contributed by atoms with Crippen molar-refractivity contribution in [2.24, 2.45) is 0 Å². The van der Waals surface area contributed by atoms with E-state index in [0.29, 0.717) is 12.2 Å². The Balaban J connectivity index is -0.000000209. The molecule has 0 atom stereocenters. The molecule has 0 radical (unpaired) electrons. The van der Waals surface area contributed by atoms with Crippen molar-refractivity contribution in [3.8, 4) is 0 Å². The van der Waals surface area contributed by atoms with Crippen LogP contribution in [0.5, 0.6) is 0 Å². The van der Waals surface area contributed by atoms with Crippen LogP contribution in [-0.4, -0.2) is 59.4 Å². The summed E-state index contributed by atoms with van der Waals surface area (Å²) in [6.45, 7) is 10.6. The number of carbonyl (C=O) groups excluding carboxylic acids is 1. The molecule has 0 amide bonds.